The molecule has 4 heteroatoms. The molecule has 1 aliphatic heterocycles. The number of aromatic nitrogens is 1. The molecule has 1 saturated heterocycles. The van der Waals surface area contributed by atoms with Gasteiger partial charge in [0.25, 0.3) is 0 Å². The summed E-state index contributed by atoms with van der Waals surface area (Å²) in [4.78, 5) is 6.85. The van der Waals surface area contributed by atoms with E-state index in [1.54, 1.807) is 18.4 Å². The lowest BCUT2D eigenvalue weighted by molar-refractivity contribution is 0.161. The van der Waals surface area contributed by atoms with Crippen LogP contribution in [-0.4, -0.2) is 31.8 Å². The van der Waals surface area contributed by atoms with E-state index < -0.39 is 0 Å². The number of rotatable bonds is 3. The molecule has 0 bridgehead atoms. The van der Waals surface area contributed by atoms with Crippen LogP contribution in [-0.2, 0) is 4.74 Å². The molecule has 0 spiro atoms. The predicted molar refractivity (Wildman–Crippen MR) is 71.8 cm³/mol. The Bertz CT molecular complexity index is 511. The number of fused-ring (bicyclic) bond motifs is 1. The van der Waals surface area contributed by atoms with Gasteiger partial charge in [0.05, 0.1) is 22.5 Å². The van der Waals surface area contributed by atoms with Crippen LogP contribution in [0.1, 0.15) is 6.42 Å². The van der Waals surface area contributed by atoms with E-state index in [0.717, 1.165) is 25.2 Å². The van der Waals surface area contributed by atoms with Gasteiger partial charge in [-0.2, -0.15) is 0 Å². The van der Waals surface area contributed by atoms with E-state index in [1.165, 1.54) is 16.8 Å². The van der Waals surface area contributed by atoms with Crippen molar-refractivity contribution >= 4 is 27.2 Å². The van der Waals surface area contributed by atoms with Crippen LogP contribution in [0.25, 0.3) is 10.2 Å². The minimum absolute atomic E-state index is 0.670. The van der Waals surface area contributed by atoms with Gasteiger partial charge < -0.3 is 9.64 Å². The highest BCUT2D eigenvalue weighted by Crippen LogP contribution is 2.33. The Morgan fingerprint density at radius 3 is 3.35 bits per heavy atom. The fraction of sp³-hybridized carbons (Fsp3) is 0.462. The van der Waals surface area contributed by atoms with E-state index in [9.17, 15) is 0 Å². The van der Waals surface area contributed by atoms with Crippen molar-refractivity contribution in [3.8, 4) is 0 Å². The van der Waals surface area contributed by atoms with Gasteiger partial charge in [-0.15, -0.1) is 11.3 Å². The second kappa shape index (κ2) is 4.63. The normalized spacial score (nSPS) is 20.3. The lowest BCUT2D eigenvalue weighted by Gasteiger charge is -2.19. The summed E-state index contributed by atoms with van der Waals surface area (Å²) in [6.07, 6.45) is 3.14. The first-order chi connectivity index (χ1) is 8.38. The summed E-state index contributed by atoms with van der Waals surface area (Å²) in [7, 11) is 1.78. The summed E-state index contributed by atoms with van der Waals surface area (Å²) in [5.41, 5.74) is 2.45. The van der Waals surface area contributed by atoms with Gasteiger partial charge in [-0.1, -0.05) is 0 Å². The third-order valence-corrected chi connectivity index (χ3v) is 4.28. The summed E-state index contributed by atoms with van der Waals surface area (Å²) >= 11 is 1.78. The van der Waals surface area contributed by atoms with Gasteiger partial charge in [0, 0.05) is 32.3 Å². The molecule has 3 heterocycles. The van der Waals surface area contributed by atoms with Crippen molar-refractivity contribution in [1.29, 1.82) is 0 Å². The minimum atomic E-state index is 0.670. The summed E-state index contributed by atoms with van der Waals surface area (Å²) in [5.74, 6) is 0.670. The smallest absolute Gasteiger partial charge is 0.0830 e. The molecular weight excluding hydrogens is 232 g/mol. The number of methoxy groups -OCH3 is 1. The molecule has 90 valence electrons. The number of hydrogen-bond donors (Lipinski definition) is 0. The molecule has 0 saturated carbocycles. The van der Waals surface area contributed by atoms with Crippen LogP contribution in [0.5, 0.6) is 0 Å². The van der Waals surface area contributed by atoms with Gasteiger partial charge in [0.1, 0.15) is 0 Å². The molecule has 1 fully saturated rings. The monoisotopic (exact) mass is 248 g/mol. The Labute approximate surface area is 105 Å². The fourth-order valence-electron chi connectivity index (χ4n) is 2.53. The van der Waals surface area contributed by atoms with Crippen molar-refractivity contribution in [1.82, 2.24) is 4.98 Å². The summed E-state index contributed by atoms with van der Waals surface area (Å²) in [5, 5.41) is 2.11. The molecular formula is C13H16N2OS. The highest BCUT2D eigenvalue weighted by atomic mass is 32.1. The molecule has 2 aromatic heterocycles. The van der Waals surface area contributed by atoms with Gasteiger partial charge in [-0.3, -0.25) is 4.98 Å². The average Bonchev–Trinajstić information content (AvgIpc) is 2.96. The number of thiophene rings is 1. The number of ether oxygens (including phenoxy) is 1. The molecule has 2 aromatic rings. The van der Waals surface area contributed by atoms with E-state index in [1.807, 2.05) is 6.20 Å². The highest BCUT2D eigenvalue weighted by Gasteiger charge is 2.23. The SMILES string of the molecule is COCC1CCN(c2ccnc3ccsc23)C1. The number of hydrogen-bond acceptors (Lipinski definition) is 4. The van der Waals surface area contributed by atoms with Crippen LogP contribution in [0.15, 0.2) is 23.7 Å². The second-order valence-electron chi connectivity index (χ2n) is 4.52. The second-order valence-corrected chi connectivity index (χ2v) is 5.44. The van der Waals surface area contributed by atoms with Gasteiger partial charge in [-0.05, 0) is 23.9 Å². The van der Waals surface area contributed by atoms with Crippen LogP contribution in [0, 0.1) is 5.92 Å². The molecule has 0 N–H and O–H groups in total. The Hall–Kier alpha value is -1.13. The first kappa shape index (κ1) is 11.0. The van der Waals surface area contributed by atoms with Crippen LogP contribution in [0.2, 0.25) is 0 Å². The van der Waals surface area contributed by atoms with E-state index in [-0.39, 0.29) is 0 Å². The molecule has 0 aliphatic carbocycles. The Kier molecular flexibility index (Phi) is 2.99. The van der Waals surface area contributed by atoms with Crippen molar-refractivity contribution in [2.45, 2.75) is 6.42 Å². The summed E-state index contributed by atoms with van der Waals surface area (Å²) < 4.78 is 6.56. The standard InChI is InChI=1S/C13H16N2OS/c1-16-9-10-3-6-15(8-10)12-2-5-14-11-4-7-17-13(11)12/h2,4-5,7,10H,3,6,8-9H2,1H3. The van der Waals surface area contributed by atoms with Crippen LogP contribution >= 0.6 is 11.3 Å². The molecule has 3 nitrogen and oxygen atoms in total. The van der Waals surface area contributed by atoms with E-state index >= 15 is 0 Å². The zero-order valence-electron chi connectivity index (χ0n) is 9.93. The van der Waals surface area contributed by atoms with E-state index in [2.05, 4.69) is 27.4 Å². The third-order valence-electron chi connectivity index (χ3n) is 3.35. The molecule has 3 rings (SSSR count). The van der Waals surface area contributed by atoms with Gasteiger partial charge >= 0.3 is 0 Å². The van der Waals surface area contributed by atoms with E-state index in [4.69, 9.17) is 4.74 Å². The molecule has 1 unspecified atom stereocenters. The van der Waals surface area contributed by atoms with Gasteiger partial charge in [0.2, 0.25) is 0 Å². The number of pyridine rings is 1. The Morgan fingerprint density at radius 2 is 2.47 bits per heavy atom. The van der Waals surface area contributed by atoms with Gasteiger partial charge in [0.15, 0.2) is 0 Å². The Balaban J connectivity index is 1.87. The zero-order valence-corrected chi connectivity index (χ0v) is 10.7. The minimum Gasteiger partial charge on any atom is -0.384 e. The quantitative estimate of drug-likeness (QED) is 0.835. The highest BCUT2D eigenvalue weighted by molar-refractivity contribution is 7.17. The van der Waals surface area contributed by atoms with Crippen LogP contribution in [0.4, 0.5) is 5.69 Å². The van der Waals surface area contributed by atoms with Crippen molar-refractivity contribution in [3.63, 3.8) is 0 Å². The van der Waals surface area contributed by atoms with Gasteiger partial charge in [-0.25, -0.2) is 0 Å². The predicted octanol–water partition coefficient (Wildman–Crippen LogP) is 2.77. The molecule has 0 amide bonds. The lowest BCUT2D eigenvalue weighted by Crippen LogP contribution is -2.21. The van der Waals surface area contributed by atoms with E-state index in [0.29, 0.717) is 5.92 Å². The number of anilines is 1. The van der Waals surface area contributed by atoms with Crippen molar-refractivity contribution < 1.29 is 4.74 Å². The van der Waals surface area contributed by atoms with Crippen molar-refractivity contribution in [2.75, 3.05) is 31.7 Å². The molecule has 1 atom stereocenters. The van der Waals surface area contributed by atoms with Crippen molar-refractivity contribution in [2.24, 2.45) is 5.92 Å². The fourth-order valence-corrected chi connectivity index (χ4v) is 3.42. The van der Waals surface area contributed by atoms with Crippen molar-refractivity contribution in [3.05, 3.63) is 23.7 Å². The molecule has 1 aliphatic rings. The summed E-state index contributed by atoms with van der Waals surface area (Å²) in [6, 6.07) is 4.22. The maximum absolute atomic E-state index is 5.25. The average molecular weight is 248 g/mol. The third kappa shape index (κ3) is 2.03. The van der Waals surface area contributed by atoms with Crippen LogP contribution < -0.4 is 4.90 Å². The molecule has 0 radical (unpaired) electrons. The topological polar surface area (TPSA) is 25.4 Å². The van der Waals surface area contributed by atoms with Crippen LogP contribution in [0.3, 0.4) is 0 Å². The molecule has 17 heavy (non-hydrogen) atoms. The number of nitrogens with zero attached hydrogens (tertiary/aromatic N) is 2. The lowest BCUT2D eigenvalue weighted by atomic mass is 10.1. The maximum atomic E-state index is 5.25. The first-order valence-electron chi connectivity index (χ1n) is 5.94. The largest absolute Gasteiger partial charge is 0.384 e. The zero-order chi connectivity index (χ0) is 11.7. The summed E-state index contributed by atoms with van der Waals surface area (Å²) in [6.45, 7) is 3.10. The molecule has 0 aromatic carbocycles. The maximum Gasteiger partial charge on any atom is 0.0830 e. The first-order valence-corrected chi connectivity index (χ1v) is 6.82. The Morgan fingerprint density at radius 1 is 1.53 bits per heavy atom.